The summed E-state index contributed by atoms with van der Waals surface area (Å²) in [6.45, 7) is 3.43. The van der Waals surface area contributed by atoms with Crippen LogP contribution in [0.25, 0.3) is 0 Å². The van der Waals surface area contributed by atoms with Crippen LogP contribution < -0.4 is 22.5 Å². The van der Waals surface area contributed by atoms with E-state index in [1.54, 1.807) is 0 Å². The van der Waals surface area contributed by atoms with Gasteiger partial charge in [-0.05, 0) is 6.92 Å². The number of hydrogen-bond acceptors (Lipinski definition) is 6. The maximum absolute atomic E-state index is 11.3. The predicted molar refractivity (Wildman–Crippen MR) is 70.7 cm³/mol. The minimum Gasteiger partial charge on any atom is -0.397 e. The number of nitrogens with one attached hydrogen (secondary N) is 1. The summed E-state index contributed by atoms with van der Waals surface area (Å²) < 4.78 is 5.14. The van der Waals surface area contributed by atoms with Gasteiger partial charge in [-0.3, -0.25) is 9.59 Å². The molecule has 0 aliphatic carbocycles. The zero-order valence-electron chi connectivity index (χ0n) is 9.99. The molecule has 1 rings (SSSR count). The standard InChI is InChI=1S/C10H16N4O3S/c1-2-17-4-3-14-10-5(8(12)15)6(11)7(18-10)9(13)16/h14H,2-4,11H2,1H3,(H2,12,15)(H2,13,16). The fourth-order valence-corrected chi connectivity index (χ4v) is 2.38. The highest BCUT2D eigenvalue weighted by molar-refractivity contribution is 7.19. The monoisotopic (exact) mass is 272 g/mol. The number of primary amides is 2. The molecule has 2 amide bonds. The van der Waals surface area contributed by atoms with Gasteiger partial charge in [-0.1, -0.05) is 0 Å². The third-order valence-corrected chi connectivity index (χ3v) is 3.33. The number of nitrogens with two attached hydrogens (primary N) is 3. The van der Waals surface area contributed by atoms with Crippen molar-refractivity contribution in [2.75, 3.05) is 30.8 Å². The normalized spacial score (nSPS) is 10.3. The van der Waals surface area contributed by atoms with Gasteiger partial charge in [-0.2, -0.15) is 0 Å². The van der Waals surface area contributed by atoms with E-state index >= 15 is 0 Å². The molecule has 7 nitrogen and oxygen atoms in total. The summed E-state index contributed by atoms with van der Waals surface area (Å²) in [7, 11) is 0. The van der Waals surface area contributed by atoms with Crippen LogP contribution in [0.1, 0.15) is 27.0 Å². The first-order chi connectivity index (χ1) is 8.49. The van der Waals surface area contributed by atoms with Crippen LogP contribution in [0.4, 0.5) is 10.7 Å². The highest BCUT2D eigenvalue weighted by atomic mass is 32.1. The Morgan fingerprint density at radius 2 is 2.00 bits per heavy atom. The van der Waals surface area contributed by atoms with E-state index in [1.807, 2.05) is 6.92 Å². The fraction of sp³-hybridized carbons (Fsp3) is 0.400. The number of amides is 2. The Hall–Kier alpha value is -1.80. The number of thiophene rings is 1. The Balaban J connectivity index is 2.92. The van der Waals surface area contributed by atoms with Crippen LogP contribution in [0.15, 0.2) is 0 Å². The summed E-state index contributed by atoms with van der Waals surface area (Å²) in [5.41, 5.74) is 16.2. The number of carbonyl (C=O) groups excluding carboxylic acids is 2. The molecule has 1 aromatic heterocycles. The van der Waals surface area contributed by atoms with Crippen LogP contribution in [-0.2, 0) is 4.74 Å². The molecule has 0 radical (unpaired) electrons. The molecule has 0 saturated heterocycles. The number of ether oxygens (including phenoxy) is 1. The summed E-state index contributed by atoms with van der Waals surface area (Å²) >= 11 is 1.01. The molecular weight excluding hydrogens is 256 g/mol. The Bertz CT molecular complexity index is 458. The topological polar surface area (TPSA) is 133 Å². The smallest absolute Gasteiger partial charge is 0.260 e. The Labute approximate surface area is 108 Å². The average Bonchev–Trinajstić information content (AvgIpc) is 2.62. The second-order valence-electron chi connectivity index (χ2n) is 3.40. The minimum atomic E-state index is -0.699. The highest BCUT2D eigenvalue weighted by Crippen LogP contribution is 2.34. The molecule has 8 heteroatoms. The van der Waals surface area contributed by atoms with Gasteiger partial charge < -0.3 is 27.3 Å². The maximum Gasteiger partial charge on any atom is 0.260 e. The Morgan fingerprint density at radius 3 is 2.50 bits per heavy atom. The van der Waals surface area contributed by atoms with Crippen molar-refractivity contribution in [1.82, 2.24) is 0 Å². The van der Waals surface area contributed by atoms with Gasteiger partial charge >= 0.3 is 0 Å². The van der Waals surface area contributed by atoms with Crippen LogP contribution in [0.3, 0.4) is 0 Å². The lowest BCUT2D eigenvalue weighted by atomic mass is 10.2. The van der Waals surface area contributed by atoms with Gasteiger partial charge in [-0.25, -0.2) is 0 Å². The summed E-state index contributed by atoms with van der Waals surface area (Å²) in [4.78, 5) is 22.6. The third kappa shape index (κ3) is 3.11. The lowest BCUT2D eigenvalue weighted by molar-refractivity contribution is 0.0999. The van der Waals surface area contributed by atoms with Gasteiger partial charge in [0.05, 0.1) is 17.9 Å². The van der Waals surface area contributed by atoms with E-state index in [2.05, 4.69) is 5.32 Å². The van der Waals surface area contributed by atoms with Crippen molar-refractivity contribution in [1.29, 1.82) is 0 Å². The zero-order valence-corrected chi connectivity index (χ0v) is 10.8. The third-order valence-electron chi connectivity index (χ3n) is 2.15. The molecule has 0 bridgehead atoms. The van der Waals surface area contributed by atoms with Crippen LogP contribution in [-0.4, -0.2) is 31.6 Å². The SMILES string of the molecule is CCOCCNc1sc(C(N)=O)c(N)c1C(N)=O. The largest absolute Gasteiger partial charge is 0.397 e. The molecule has 0 spiro atoms. The summed E-state index contributed by atoms with van der Waals surface area (Å²) in [5.74, 6) is -1.38. The molecule has 18 heavy (non-hydrogen) atoms. The molecule has 100 valence electrons. The number of nitrogen functional groups attached to an aromatic ring is 1. The quantitative estimate of drug-likeness (QED) is 0.517. The van der Waals surface area contributed by atoms with E-state index in [0.717, 1.165) is 11.3 Å². The molecule has 0 aromatic carbocycles. The lowest BCUT2D eigenvalue weighted by Gasteiger charge is -2.05. The van der Waals surface area contributed by atoms with Crippen molar-refractivity contribution in [3.8, 4) is 0 Å². The van der Waals surface area contributed by atoms with Gasteiger partial charge in [0, 0.05) is 13.2 Å². The van der Waals surface area contributed by atoms with Crippen LogP contribution in [0.2, 0.25) is 0 Å². The molecule has 7 N–H and O–H groups in total. The van der Waals surface area contributed by atoms with E-state index in [9.17, 15) is 9.59 Å². The van der Waals surface area contributed by atoms with Crippen LogP contribution in [0.5, 0.6) is 0 Å². The average molecular weight is 272 g/mol. The first-order valence-electron chi connectivity index (χ1n) is 5.32. The molecular formula is C10H16N4O3S. The predicted octanol–water partition coefficient (Wildman–Crippen LogP) is -0.0235. The molecule has 0 atom stereocenters. The van der Waals surface area contributed by atoms with E-state index in [4.69, 9.17) is 21.9 Å². The molecule has 1 aromatic rings. The van der Waals surface area contributed by atoms with Crippen LogP contribution in [0, 0.1) is 0 Å². The molecule has 1 heterocycles. The molecule has 0 aliphatic rings. The van der Waals surface area contributed by atoms with Gasteiger partial charge in [0.1, 0.15) is 9.88 Å². The van der Waals surface area contributed by atoms with Crippen molar-refractivity contribution in [3.05, 3.63) is 10.4 Å². The number of rotatable bonds is 7. The Morgan fingerprint density at radius 1 is 1.33 bits per heavy atom. The number of anilines is 2. The summed E-state index contributed by atoms with van der Waals surface area (Å²) in [6, 6.07) is 0. The van der Waals surface area contributed by atoms with Gasteiger partial charge in [0.15, 0.2) is 0 Å². The molecule has 0 saturated carbocycles. The summed E-state index contributed by atoms with van der Waals surface area (Å²) in [6.07, 6.45) is 0. The van der Waals surface area contributed by atoms with Crippen molar-refractivity contribution >= 4 is 33.8 Å². The lowest BCUT2D eigenvalue weighted by Crippen LogP contribution is -2.17. The molecule has 0 fully saturated rings. The second-order valence-corrected chi connectivity index (χ2v) is 4.42. The van der Waals surface area contributed by atoms with Crippen molar-refractivity contribution in [3.63, 3.8) is 0 Å². The molecule has 0 unspecified atom stereocenters. The van der Waals surface area contributed by atoms with Gasteiger partial charge in [-0.15, -0.1) is 11.3 Å². The zero-order chi connectivity index (χ0) is 13.7. The van der Waals surface area contributed by atoms with E-state index < -0.39 is 11.8 Å². The van der Waals surface area contributed by atoms with Crippen LogP contribution >= 0.6 is 11.3 Å². The Kier molecular flexibility index (Phi) is 4.93. The van der Waals surface area contributed by atoms with Gasteiger partial charge in [0.25, 0.3) is 11.8 Å². The van der Waals surface area contributed by atoms with Crippen molar-refractivity contribution in [2.24, 2.45) is 11.5 Å². The maximum atomic E-state index is 11.3. The number of hydrogen-bond donors (Lipinski definition) is 4. The fourth-order valence-electron chi connectivity index (χ4n) is 1.38. The minimum absolute atomic E-state index is 0.0268. The van der Waals surface area contributed by atoms with Gasteiger partial charge in [0.2, 0.25) is 0 Å². The first kappa shape index (κ1) is 14.3. The second kappa shape index (κ2) is 6.22. The highest BCUT2D eigenvalue weighted by Gasteiger charge is 2.22. The van der Waals surface area contributed by atoms with E-state index in [0.29, 0.717) is 24.8 Å². The number of carbonyl (C=O) groups is 2. The van der Waals surface area contributed by atoms with Crippen molar-refractivity contribution in [2.45, 2.75) is 6.92 Å². The molecule has 0 aliphatic heterocycles. The van der Waals surface area contributed by atoms with E-state index in [-0.39, 0.29) is 16.1 Å². The van der Waals surface area contributed by atoms with Crippen molar-refractivity contribution < 1.29 is 14.3 Å². The van der Waals surface area contributed by atoms with E-state index in [1.165, 1.54) is 0 Å². The summed E-state index contributed by atoms with van der Waals surface area (Å²) in [5, 5.41) is 3.39. The first-order valence-corrected chi connectivity index (χ1v) is 6.14.